The molecule has 1 aromatic carbocycles. The topological polar surface area (TPSA) is 107 Å². The number of hydrogen-bond acceptors (Lipinski definition) is 5. The molecule has 0 bridgehead atoms. The molecule has 0 aliphatic carbocycles. The molecule has 4 rings (SSSR count). The maximum atomic E-state index is 12.3. The molecule has 0 atom stereocenters. The molecule has 0 aliphatic heterocycles. The van der Waals surface area contributed by atoms with E-state index in [0.717, 1.165) is 22.5 Å². The van der Waals surface area contributed by atoms with Crippen LogP contribution < -0.4 is 10.9 Å². The van der Waals surface area contributed by atoms with E-state index in [4.69, 9.17) is 5.11 Å². The molecular weight excluding hydrogens is 354 g/mol. The minimum Gasteiger partial charge on any atom is -0.395 e. The fraction of sp³-hybridized carbons (Fsp3) is 0.0952. The van der Waals surface area contributed by atoms with Crippen molar-refractivity contribution in [1.82, 2.24) is 19.9 Å². The molecule has 0 spiro atoms. The summed E-state index contributed by atoms with van der Waals surface area (Å²) in [5.41, 5.74) is 3.84. The number of fused-ring (bicyclic) bond motifs is 1. The van der Waals surface area contributed by atoms with Crippen LogP contribution in [0.4, 0.5) is 5.95 Å². The van der Waals surface area contributed by atoms with Crippen molar-refractivity contribution >= 4 is 29.1 Å². The number of nitrogens with one attached hydrogen (secondary N) is 3. The van der Waals surface area contributed by atoms with Crippen LogP contribution in [0.5, 0.6) is 0 Å². The number of benzene rings is 1. The lowest BCUT2D eigenvalue weighted by molar-refractivity contribution is 0.311. The lowest BCUT2D eigenvalue weighted by atomic mass is 10.1. The summed E-state index contributed by atoms with van der Waals surface area (Å²) in [7, 11) is 0. The van der Waals surface area contributed by atoms with Crippen molar-refractivity contribution in [3.8, 4) is 11.3 Å². The van der Waals surface area contributed by atoms with Gasteiger partial charge >= 0.3 is 0 Å². The Hall–Kier alpha value is -3.71. The van der Waals surface area contributed by atoms with Gasteiger partial charge in [-0.25, -0.2) is 0 Å². The summed E-state index contributed by atoms with van der Waals surface area (Å²) >= 11 is 0. The largest absolute Gasteiger partial charge is 0.395 e. The Bertz CT molecular complexity index is 1180. The third-order valence-electron chi connectivity index (χ3n) is 4.24. The number of rotatable bonds is 6. The molecule has 28 heavy (non-hydrogen) atoms. The molecule has 4 aromatic rings. The van der Waals surface area contributed by atoms with Crippen LogP contribution in [-0.4, -0.2) is 38.2 Å². The van der Waals surface area contributed by atoms with Gasteiger partial charge in [0.2, 0.25) is 5.95 Å². The SMILES string of the molecule is O=c1[nH]c(NCCO)nc2[nH]c(-c3ccnc(C=Cc4ccccc4)c3)cc12. The Kier molecular flexibility index (Phi) is 4.99. The molecule has 3 aromatic heterocycles. The van der Waals surface area contributed by atoms with Crippen molar-refractivity contribution in [2.24, 2.45) is 0 Å². The van der Waals surface area contributed by atoms with Crippen LogP contribution in [0.25, 0.3) is 34.4 Å². The Morgan fingerprint density at radius 2 is 1.93 bits per heavy atom. The van der Waals surface area contributed by atoms with Gasteiger partial charge in [0.1, 0.15) is 5.65 Å². The molecule has 0 saturated heterocycles. The van der Waals surface area contributed by atoms with E-state index in [-0.39, 0.29) is 12.2 Å². The van der Waals surface area contributed by atoms with Crippen LogP contribution in [0.3, 0.4) is 0 Å². The molecule has 140 valence electrons. The van der Waals surface area contributed by atoms with Crippen molar-refractivity contribution in [2.75, 3.05) is 18.5 Å². The van der Waals surface area contributed by atoms with E-state index in [9.17, 15) is 4.79 Å². The molecule has 7 heteroatoms. The van der Waals surface area contributed by atoms with Gasteiger partial charge in [-0.15, -0.1) is 0 Å². The number of pyridine rings is 1. The summed E-state index contributed by atoms with van der Waals surface area (Å²) in [5.74, 6) is 0.321. The van der Waals surface area contributed by atoms with E-state index in [2.05, 4.69) is 25.3 Å². The van der Waals surface area contributed by atoms with E-state index in [1.54, 1.807) is 12.3 Å². The normalized spacial score (nSPS) is 11.3. The number of aromatic nitrogens is 4. The highest BCUT2D eigenvalue weighted by Gasteiger charge is 2.10. The summed E-state index contributed by atoms with van der Waals surface area (Å²) in [5, 5.41) is 12.2. The monoisotopic (exact) mass is 373 g/mol. The maximum absolute atomic E-state index is 12.3. The van der Waals surface area contributed by atoms with Gasteiger partial charge in [0, 0.05) is 24.0 Å². The number of hydrogen-bond donors (Lipinski definition) is 4. The molecule has 0 aliphatic rings. The van der Waals surface area contributed by atoms with Crippen molar-refractivity contribution in [2.45, 2.75) is 0 Å². The number of nitrogens with zero attached hydrogens (tertiary/aromatic N) is 2. The Balaban J connectivity index is 1.65. The average molecular weight is 373 g/mol. The van der Waals surface area contributed by atoms with Crippen LogP contribution in [0.1, 0.15) is 11.3 Å². The standard InChI is InChI=1S/C21H19N5O2/c27-11-10-23-21-25-19-17(20(28)26-21)13-18(24-19)15-8-9-22-16(12-15)7-6-14-4-2-1-3-5-14/h1-9,12-13,27H,10-11H2,(H3,23,24,25,26,28). The fourth-order valence-electron chi connectivity index (χ4n) is 2.89. The molecule has 3 heterocycles. The lowest BCUT2D eigenvalue weighted by Gasteiger charge is -2.02. The first-order chi connectivity index (χ1) is 13.7. The highest BCUT2D eigenvalue weighted by molar-refractivity contribution is 5.83. The minimum atomic E-state index is -0.244. The van der Waals surface area contributed by atoms with Crippen LogP contribution in [0.15, 0.2) is 59.5 Å². The van der Waals surface area contributed by atoms with Gasteiger partial charge in [0.15, 0.2) is 0 Å². The van der Waals surface area contributed by atoms with Gasteiger partial charge in [-0.3, -0.25) is 14.8 Å². The van der Waals surface area contributed by atoms with Gasteiger partial charge in [-0.05, 0) is 29.8 Å². The van der Waals surface area contributed by atoms with Gasteiger partial charge in [-0.1, -0.05) is 36.4 Å². The fourth-order valence-corrected chi connectivity index (χ4v) is 2.89. The van der Waals surface area contributed by atoms with Crippen LogP contribution in [0, 0.1) is 0 Å². The van der Waals surface area contributed by atoms with Crippen LogP contribution in [-0.2, 0) is 0 Å². The van der Waals surface area contributed by atoms with E-state index in [1.165, 1.54) is 0 Å². The second-order valence-electron chi connectivity index (χ2n) is 6.22. The molecule has 7 nitrogen and oxygen atoms in total. The zero-order valence-electron chi connectivity index (χ0n) is 15.0. The van der Waals surface area contributed by atoms with Crippen molar-refractivity contribution in [3.63, 3.8) is 0 Å². The summed E-state index contributed by atoms with van der Waals surface area (Å²) in [6, 6.07) is 15.6. The lowest BCUT2D eigenvalue weighted by Crippen LogP contribution is -2.14. The quantitative estimate of drug-likeness (QED) is 0.416. The number of aliphatic hydroxyl groups is 1. The molecule has 0 fully saturated rings. The summed E-state index contributed by atoms with van der Waals surface area (Å²) < 4.78 is 0. The molecule has 0 amide bonds. The first kappa shape index (κ1) is 17.7. The Labute approximate surface area is 160 Å². The van der Waals surface area contributed by atoms with Crippen molar-refractivity contribution in [1.29, 1.82) is 0 Å². The van der Waals surface area contributed by atoms with E-state index in [1.807, 2.05) is 54.6 Å². The zero-order chi connectivity index (χ0) is 19.3. The highest BCUT2D eigenvalue weighted by Crippen LogP contribution is 2.22. The second-order valence-corrected chi connectivity index (χ2v) is 6.22. The van der Waals surface area contributed by atoms with Gasteiger partial charge < -0.3 is 15.4 Å². The minimum absolute atomic E-state index is 0.0476. The Morgan fingerprint density at radius 3 is 2.75 bits per heavy atom. The summed E-state index contributed by atoms with van der Waals surface area (Å²) in [4.78, 5) is 26.9. The Morgan fingerprint density at radius 1 is 1.07 bits per heavy atom. The van der Waals surface area contributed by atoms with Crippen molar-refractivity contribution in [3.05, 3.63) is 76.3 Å². The predicted octanol–water partition coefficient (Wildman–Crippen LogP) is 2.89. The van der Waals surface area contributed by atoms with E-state index >= 15 is 0 Å². The second kappa shape index (κ2) is 7.89. The number of H-pyrrole nitrogens is 2. The molecular formula is C21H19N5O2. The number of aliphatic hydroxyl groups excluding tert-OH is 1. The van der Waals surface area contributed by atoms with Gasteiger partial charge in [0.05, 0.1) is 17.7 Å². The maximum Gasteiger partial charge on any atom is 0.261 e. The van der Waals surface area contributed by atoms with E-state index in [0.29, 0.717) is 23.5 Å². The smallest absolute Gasteiger partial charge is 0.261 e. The van der Waals surface area contributed by atoms with Crippen LogP contribution in [0.2, 0.25) is 0 Å². The summed E-state index contributed by atoms with van der Waals surface area (Å²) in [6.07, 6.45) is 5.68. The van der Waals surface area contributed by atoms with E-state index < -0.39 is 0 Å². The summed E-state index contributed by atoms with van der Waals surface area (Å²) in [6.45, 7) is 0.261. The third kappa shape index (κ3) is 3.84. The highest BCUT2D eigenvalue weighted by atomic mass is 16.3. The van der Waals surface area contributed by atoms with Crippen molar-refractivity contribution < 1.29 is 5.11 Å². The molecule has 0 unspecified atom stereocenters. The molecule has 4 N–H and O–H groups in total. The van der Waals surface area contributed by atoms with Gasteiger partial charge in [-0.2, -0.15) is 4.98 Å². The zero-order valence-corrected chi connectivity index (χ0v) is 15.0. The van der Waals surface area contributed by atoms with Gasteiger partial charge in [0.25, 0.3) is 5.56 Å². The molecule has 0 radical (unpaired) electrons. The third-order valence-corrected chi connectivity index (χ3v) is 4.24. The first-order valence-electron chi connectivity index (χ1n) is 8.90. The first-order valence-corrected chi connectivity index (χ1v) is 8.90. The number of anilines is 1. The molecule has 0 saturated carbocycles. The average Bonchev–Trinajstić information content (AvgIpc) is 3.17. The predicted molar refractivity (Wildman–Crippen MR) is 111 cm³/mol. The van der Waals surface area contributed by atoms with Crippen LogP contribution >= 0.6 is 0 Å². The number of aromatic amines is 2.